The molecule has 0 aliphatic heterocycles. The van der Waals surface area contributed by atoms with Crippen LogP contribution in [0.2, 0.25) is 0 Å². The van der Waals surface area contributed by atoms with Crippen LogP contribution in [0.3, 0.4) is 0 Å². The lowest BCUT2D eigenvalue weighted by molar-refractivity contribution is -0.179. The zero-order chi connectivity index (χ0) is 13.2. The highest BCUT2D eigenvalue weighted by Gasteiger charge is 2.64. The predicted molar refractivity (Wildman–Crippen MR) is 65.9 cm³/mol. The van der Waals surface area contributed by atoms with Crippen LogP contribution >= 0.6 is 0 Å². The number of hydrogen-bond acceptors (Lipinski definition) is 2. The topological polar surface area (TPSA) is 66.4 Å². The minimum atomic E-state index is -0.660. The number of carbonyl (C=O) groups excluding carboxylic acids is 1. The quantitative estimate of drug-likeness (QED) is 0.788. The van der Waals surface area contributed by atoms with Crippen LogP contribution in [-0.2, 0) is 9.59 Å². The zero-order valence-corrected chi connectivity index (χ0v) is 11.1. The van der Waals surface area contributed by atoms with Gasteiger partial charge in [0.25, 0.3) is 0 Å². The van der Waals surface area contributed by atoms with E-state index in [1.54, 1.807) is 0 Å². The van der Waals surface area contributed by atoms with Gasteiger partial charge in [-0.05, 0) is 49.9 Å². The molecule has 4 aliphatic rings. The summed E-state index contributed by atoms with van der Waals surface area (Å²) in [5.74, 6) is -0.220. The van der Waals surface area contributed by atoms with E-state index in [2.05, 4.69) is 12.2 Å². The number of hydrogen-bond donors (Lipinski definition) is 2. The first-order valence-electron chi connectivity index (χ1n) is 6.79. The van der Waals surface area contributed by atoms with E-state index in [9.17, 15) is 14.7 Å². The molecule has 4 bridgehead atoms. The number of carboxylic acid groups (broad SMARTS) is 1. The third-order valence-corrected chi connectivity index (χ3v) is 5.24. The van der Waals surface area contributed by atoms with Crippen LogP contribution in [-0.4, -0.2) is 22.5 Å². The van der Waals surface area contributed by atoms with Crippen molar-refractivity contribution in [1.82, 2.24) is 5.32 Å². The van der Waals surface area contributed by atoms with Crippen molar-refractivity contribution < 1.29 is 14.7 Å². The van der Waals surface area contributed by atoms with E-state index in [0.29, 0.717) is 12.3 Å². The molecule has 4 rings (SSSR count). The zero-order valence-electron chi connectivity index (χ0n) is 11.1. The lowest BCUT2D eigenvalue weighted by Gasteiger charge is -2.64. The van der Waals surface area contributed by atoms with Gasteiger partial charge in [-0.15, -0.1) is 0 Å². The van der Waals surface area contributed by atoms with E-state index >= 15 is 0 Å². The van der Waals surface area contributed by atoms with Crippen LogP contribution in [0.25, 0.3) is 0 Å². The molecule has 0 aromatic heterocycles. The van der Waals surface area contributed by atoms with Crippen molar-refractivity contribution in [2.45, 2.75) is 57.9 Å². The van der Waals surface area contributed by atoms with Gasteiger partial charge >= 0.3 is 5.97 Å². The summed E-state index contributed by atoms with van der Waals surface area (Å²) < 4.78 is 0. The number of rotatable bonds is 2. The molecule has 0 radical (unpaired) electrons. The maximum Gasteiger partial charge on any atom is 0.309 e. The summed E-state index contributed by atoms with van der Waals surface area (Å²) in [5, 5.41) is 12.7. The number of carboxylic acids is 1. The molecule has 4 saturated carbocycles. The average molecular weight is 251 g/mol. The summed E-state index contributed by atoms with van der Waals surface area (Å²) in [7, 11) is 0. The van der Waals surface area contributed by atoms with Gasteiger partial charge in [0.2, 0.25) is 5.91 Å². The van der Waals surface area contributed by atoms with Gasteiger partial charge in [-0.2, -0.15) is 0 Å². The van der Waals surface area contributed by atoms with Crippen LogP contribution in [0.1, 0.15) is 52.4 Å². The van der Waals surface area contributed by atoms with Gasteiger partial charge in [-0.3, -0.25) is 9.59 Å². The monoisotopic (exact) mass is 251 g/mol. The van der Waals surface area contributed by atoms with E-state index < -0.39 is 11.4 Å². The van der Waals surface area contributed by atoms with Crippen LogP contribution in [0.4, 0.5) is 0 Å². The van der Waals surface area contributed by atoms with Gasteiger partial charge in [0.1, 0.15) is 0 Å². The molecular weight excluding hydrogens is 230 g/mol. The Bertz CT molecular complexity index is 435. The molecule has 4 heteroatoms. The van der Waals surface area contributed by atoms with Crippen molar-refractivity contribution >= 4 is 11.9 Å². The molecule has 0 spiro atoms. The Labute approximate surface area is 107 Å². The SMILES string of the molecule is CC(=O)N[C@]12C[C@@H]3C[C@@](C)(C1)C[C@@](C(=O)O)(C3)C2. The Kier molecular flexibility index (Phi) is 2.19. The second-order valence-corrected chi connectivity index (χ2v) is 7.37. The van der Waals surface area contributed by atoms with Gasteiger partial charge in [-0.25, -0.2) is 0 Å². The molecule has 0 unspecified atom stereocenters. The number of amides is 1. The highest BCUT2D eigenvalue weighted by Crippen LogP contribution is 2.66. The molecule has 2 N–H and O–H groups in total. The lowest BCUT2D eigenvalue weighted by Crippen LogP contribution is -2.67. The van der Waals surface area contributed by atoms with E-state index in [-0.39, 0.29) is 16.9 Å². The first-order valence-corrected chi connectivity index (χ1v) is 6.79. The molecule has 4 fully saturated rings. The third-order valence-electron chi connectivity index (χ3n) is 5.24. The maximum atomic E-state index is 11.7. The van der Waals surface area contributed by atoms with E-state index in [0.717, 1.165) is 32.1 Å². The van der Waals surface area contributed by atoms with E-state index in [4.69, 9.17) is 0 Å². The van der Waals surface area contributed by atoms with Crippen LogP contribution in [0.5, 0.6) is 0 Å². The van der Waals surface area contributed by atoms with Crippen LogP contribution in [0, 0.1) is 16.7 Å². The van der Waals surface area contributed by atoms with Crippen LogP contribution in [0.15, 0.2) is 0 Å². The summed E-state index contributed by atoms with van der Waals surface area (Å²) in [4.78, 5) is 23.2. The fourth-order valence-electron chi connectivity index (χ4n) is 5.67. The minimum absolute atomic E-state index is 0.0268. The first-order chi connectivity index (χ1) is 8.27. The second-order valence-electron chi connectivity index (χ2n) is 7.37. The third kappa shape index (κ3) is 1.57. The largest absolute Gasteiger partial charge is 0.481 e. The Morgan fingerprint density at radius 1 is 1.17 bits per heavy atom. The molecule has 4 aliphatic carbocycles. The number of nitrogens with one attached hydrogen (secondary N) is 1. The van der Waals surface area contributed by atoms with Gasteiger partial charge in [0, 0.05) is 12.5 Å². The van der Waals surface area contributed by atoms with Crippen molar-refractivity contribution in [3.8, 4) is 0 Å². The minimum Gasteiger partial charge on any atom is -0.481 e. The van der Waals surface area contributed by atoms with Crippen molar-refractivity contribution in [1.29, 1.82) is 0 Å². The molecule has 100 valence electrons. The smallest absolute Gasteiger partial charge is 0.309 e. The summed E-state index contributed by atoms with van der Waals surface area (Å²) in [6.45, 7) is 3.74. The maximum absolute atomic E-state index is 11.7. The van der Waals surface area contributed by atoms with E-state index in [1.807, 2.05) is 0 Å². The Morgan fingerprint density at radius 3 is 2.44 bits per heavy atom. The molecule has 0 saturated heterocycles. The van der Waals surface area contributed by atoms with Crippen LogP contribution < -0.4 is 5.32 Å². The fourth-order valence-corrected chi connectivity index (χ4v) is 5.67. The van der Waals surface area contributed by atoms with Gasteiger partial charge < -0.3 is 10.4 Å². The van der Waals surface area contributed by atoms with Gasteiger partial charge in [0.15, 0.2) is 0 Å². The Morgan fingerprint density at radius 2 is 1.89 bits per heavy atom. The fraction of sp³-hybridized carbons (Fsp3) is 0.857. The highest BCUT2D eigenvalue weighted by atomic mass is 16.4. The van der Waals surface area contributed by atoms with E-state index in [1.165, 1.54) is 6.92 Å². The summed E-state index contributed by atoms with van der Waals surface area (Å²) in [6, 6.07) is 0. The molecule has 0 aromatic carbocycles. The molecule has 0 heterocycles. The van der Waals surface area contributed by atoms with Crippen molar-refractivity contribution in [2.75, 3.05) is 0 Å². The molecular formula is C14H21NO3. The highest BCUT2D eigenvalue weighted by molar-refractivity contribution is 5.77. The van der Waals surface area contributed by atoms with Gasteiger partial charge in [-0.1, -0.05) is 6.92 Å². The molecule has 1 amide bonds. The molecule has 0 aromatic rings. The first kappa shape index (κ1) is 12.0. The van der Waals surface area contributed by atoms with Crippen molar-refractivity contribution in [3.63, 3.8) is 0 Å². The molecule has 4 nitrogen and oxygen atoms in total. The normalized spacial score (nSPS) is 49.1. The lowest BCUT2D eigenvalue weighted by atomic mass is 9.42. The van der Waals surface area contributed by atoms with Gasteiger partial charge in [0.05, 0.1) is 5.41 Å². The second kappa shape index (κ2) is 3.28. The summed E-state index contributed by atoms with van der Waals surface area (Å²) >= 11 is 0. The van der Waals surface area contributed by atoms with Crippen molar-refractivity contribution in [3.05, 3.63) is 0 Å². The standard InChI is InChI=1S/C14H21NO3/c1-9(16)15-14-5-10-3-12(2,7-14)6-13(4-10,8-14)11(17)18/h10H,3-8H2,1-2H3,(H,15,16)(H,17,18)/t10-,12-,13+,14-/m1/s1. The summed E-state index contributed by atoms with van der Waals surface area (Å²) in [6.07, 6.45) is 5.26. The Hall–Kier alpha value is -1.06. The number of carbonyl (C=O) groups is 2. The molecule has 18 heavy (non-hydrogen) atoms. The summed E-state index contributed by atoms with van der Waals surface area (Å²) in [5.41, 5.74) is -0.741. The Balaban J connectivity index is 2.00. The average Bonchev–Trinajstić information content (AvgIpc) is 2.09. The van der Waals surface area contributed by atoms with Crippen molar-refractivity contribution in [2.24, 2.45) is 16.7 Å². The number of aliphatic carboxylic acids is 1. The molecule has 4 atom stereocenters. The predicted octanol–water partition coefficient (Wildman–Crippen LogP) is 1.94.